The molecular weight excluding hydrogens is 300 g/mol. The Morgan fingerprint density at radius 1 is 1.13 bits per heavy atom. The molecule has 128 valence electrons. The monoisotopic (exact) mass is 324 g/mol. The standard InChI is InChI=1S/C15H24N4O4/c1-10(2)8-12-14(22)19(15(23)16-12)9-13(21)18-6-4-17(5-7-18)11(3)20/h10,12H,4-9H2,1-3H3,(H,16,23)/t12-/m1/s1. The normalized spacial score (nSPS) is 21.9. The van der Waals surface area contributed by atoms with E-state index in [-0.39, 0.29) is 30.2 Å². The fourth-order valence-electron chi connectivity index (χ4n) is 2.86. The average Bonchev–Trinajstić information content (AvgIpc) is 2.74. The highest BCUT2D eigenvalue weighted by atomic mass is 16.2. The number of hydrogen-bond acceptors (Lipinski definition) is 4. The highest BCUT2D eigenvalue weighted by Crippen LogP contribution is 2.14. The van der Waals surface area contributed by atoms with Crippen LogP contribution in [-0.4, -0.2) is 77.2 Å². The van der Waals surface area contributed by atoms with Gasteiger partial charge in [0.25, 0.3) is 5.91 Å². The Balaban J connectivity index is 1.89. The smallest absolute Gasteiger partial charge is 0.325 e. The number of urea groups is 1. The maximum absolute atomic E-state index is 12.3. The van der Waals surface area contributed by atoms with Crippen LogP contribution in [0.1, 0.15) is 27.2 Å². The molecule has 0 aromatic carbocycles. The molecule has 0 aliphatic carbocycles. The summed E-state index contributed by atoms with van der Waals surface area (Å²) >= 11 is 0. The highest BCUT2D eigenvalue weighted by Gasteiger charge is 2.39. The Kier molecular flexibility index (Phi) is 5.23. The molecule has 0 aromatic heterocycles. The second-order valence-corrected chi connectivity index (χ2v) is 6.44. The van der Waals surface area contributed by atoms with Crippen molar-refractivity contribution in [1.29, 1.82) is 0 Å². The van der Waals surface area contributed by atoms with Crippen LogP contribution in [0.3, 0.4) is 0 Å². The molecule has 2 fully saturated rings. The summed E-state index contributed by atoms with van der Waals surface area (Å²) in [5.41, 5.74) is 0. The van der Waals surface area contributed by atoms with Gasteiger partial charge in [-0.2, -0.15) is 0 Å². The van der Waals surface area contributed by atoms with Crippen LogP contribution in [0.4, 0.5) is 4.79 Å². The van der Waals surface area contributed by atoms with Crippen molar-refractivity contribution >= 4 is 23.8 Å². The molecule has 1 atom stereocenters. The lowest BCUT2D eigenvalue weighted by molar-refractivity contribution is -0.141. The molecule has 0 spiro atoms. The molecule has 2 rings (SSSR count). The number of carbonyl (C=O) groups is 4. The van der Waals surface area contributed by atoms with E-state index in [9.17, 15) is 19.2 Å². The molecule has 0 radical (unpaired) electrons. The first kappa shape index (κ1) is 17.2. The van der Waals surface area contributed by atoms with Gasteiger partial charge in [-0.15, -0.1) is 0 Å². The Morgan fingerprint density at radius 2 is 1.70 bits per heavy atom. The maximum atomic E-state index is 12.3. The topological polar surface area (TPSA) is 90.0 Å². The zero-order valence-electron chi connectivity index (χ0n) is 13.9. The quantitative estimate of drug-likeness (QED) is 0.715. The summed E-state index contributed by atoms with van der Waals surface area (Å²) in [6, 6.07) is -1.04. The van der Waals surface area contributed by atoms with Gasteiger partial charge in [-0.3, -0.25) is 19.3 Å². The van der Waals surface area contributed by atoms with Crippen molar-refractivity contribution in [2.24, 2.45) is 5.92 Å². The molecule has 23 heavy (non-hydrogen) atoms. The van der Waals surface area contributed by atoms with Crippen LogP contribution >= 0.6 is 0 Å². The summed E-state index contributed by atoms with van der Waals surface area (Å²) in [5.74, 6) is -0.330. The summed E-state index contributed by atoms with van der Waals surface area (Å²) in [6.07, 6.45) is 0.562. The lowest BCUT2D eigenvalue weighted by Crippen LogP contribution is -2.52. The minimum atomic E-state index is -0.537. The third kappa shape index (κ3) is 4.00. The van der Waals surface area contributed by atoms with E-state index in [1.165, 1.54) is 6.92 Å². The van der Waals surface area contributed by atoms with Gasteiger partial charge >= 0.3 is 6.03 Å². The van der Waals surface area contributed by atoms with Gasteiger partial charge in [-0.1, -0.05) is 13.8 Å². The van der Waals surface area contributed by atoms with Gasteiger partial charge < -0.3 is 15.1 Å². The number of hydrogen-bond donors (Lipinski definition) is 1. The van der Waals surface area contributed by atoms with Crippen molar-refractivity contribution in [2.75, 3.05) is 32.7 Å². The number of imide groups is 1. The minimum absolute atomic E-state index is 0.0114. The van der Waals surface area contributed by atoms with E-state index in [0.29, 0.717) is 32.6 Å². The van der Waals surface area contributed by atoms with Crippen molar-refractivity contribution in [3.05, 3.63) is 0 Å². The van der Waals surface area contributed by atoms with E-state index in [1.807, 2.05) is 13.8 Å². The first-order valence-corrected chi connectivity index (χ1v) is 7.94. The van der Waals surface area contributed by atoms with E-state index < -0.39 is 12.1 Å². The molecule has 0 saturated carbocycles. The molecule has 8 nitrogen and oxygen atoms in total. The van der Waals surface area contributed by atoms with Crippen molar-refractivity contribution in [1.82, 2.24) is 20.0 Å². The van der Waals surface area contributed by atoms with Gasteiger partial charge in [0.2, 0.25) is 11.8 Å². The molecule has 0 bridgehead atoms. The van der Waals surface area contributed by atoms with E-state index >= 15 is 0 Å². The fraction of sp³-hybridized carbons (Fsp3) is 0.733. The molecular formula is C15H24N4O4. The Hall–Kier alpha value is -2.12. The van der Waals surface area contributed by atoms with Crippen LogP contribution in [0.15, 0.2) is 0 Å². The predicted octanol–water partition coefficient (Wildman–Crippen LogP) is -0.356. The zero-order chi connectivity index (χ0) is 17.1. The molecule has 2 aliphatic rings. The molecule has 5 amide bonds. The van der Waals surface area contributed by atoms with Crippen molar-refractivity contribution in [2.45, 2.75) is 33.2 Å². The largest absolute Gasteiger partial charge is 0.339 e. The third-order valence-corrected chi connectivity index (χ3v) is 4.19. The molecule has 2 heterocycles. The van der Waals surface area contributed by atoms with Gasteiger partial charge in [0.15, 0.2) is 0 Å². The van der Waals surface area contributed by atoms with Crippen LogP contribution in [-0.2, 0) is 14.4 Å². The summed E-state index contributed by atoms with van der Waals surface area (Å²) in [7, 11) is 0. The van der Waals surface area contributed by atoms with Gasteiger partial charge in [-0.25, -0.2) is 4.79 Å². The fourth-order valence-corrected chi connectivity index (χ4v) is 2.86. The first-order chi connectivity index (χ1) is 10.8. The Labute approximate surface area is 135 Å². The average molecular weight is 324 g/mol. The predicted molar refractivity (Wildman–Crippen MR) is 82.3 cm³/mol. The summed E-state index contributed by atoms with van der Waals surface area (Å²) in [5, 5.41) is 2.63. The van der Waals surface area contributed by atoms with Crippen molar-refractivity contribution in [3.8, 4) is 0 Å². The molecule has 2 saturated heterocycles. The lowest BCUT2D eigenvalue weighted by Gasteiger charge is -2.34. The van der Waals surface area contributed by atoms with E-state index in [1.54, 1.807) is 9.80 Å². The molecule has 2 aliphatic heterocycles. The number of amides is 5. The molecule has 1 N–H and O–H groups in total. The SMILES string of the molecule is CC(=O)N1CCN(C(=O)CN2C(=O)N[C@H](CC(C)C)C2=O)CC1. The van der Waals surface area contributed by atoms with Crippen LogP contribution in [0.2, 0.25) is 0 Å². The zero-order valence-corrected chi connectivity index (χ0v) is 13.9. The number of nitrogens with one attached hydrogen (secondary N) is 1. The number of rotatable bonds is 4. The Morgan fingerprint density at radius 3 is 2.22 bits per heavy atom. The number of piperazine rings is 1. The van der Waals surface area contributed by atoms with E-state index in [4.69, 9.17) is 0 Å². The second-order valence-electron chi connectivity index (χ2n) is 6.44. The van der Waals surface area contributed by atoms with Crippen LogP contribution in [0.5, 0.6) is 0 Å². The second kappa shape index (κ2) is 6.97. The third-order valence-electron chi connectivity index (χ3n) is 4.19. The lowest BCUT2D eigenvalue weighted by atomic mass is 10.0. The van der Waals surface area contributed by atoms with Crippen molar-refractivity contribution in [3.63, 3.8) is 0 Å². The number of carbonyl (C=O) groups excluding carboxylic acids is 4. The maximum Gasteiger partial charge on any atom is 0.325 e. The summed E-state index contributed by atoms with van der Waals surface area (Å²) in [4.78, 5) is 52.0. The van der Waals surface area contributed by atoms with Gasteiger partial charge in [0.1, 0.15) is 12.6 Å². The summed E-state index contributed by atoms with van der Waals surface area (Å²) < 4.78 is 0. The highest BCUT2D eigenvalue weighted by molar-refractivity contribution is 6.06. The van der Waals surface area contributed by atoms with Crippen LogP contribution in [0, 0.1) is 5.92 Å². The van der Waals surface area contributed by atoms with Crippen LogP contribution in [0.25, 0.3) is 0 Å². The van der Waals surface area contributed by atoms with E-state index in [2.05, 4.69) is 5.32 Å². The van der Waals surface area contributed by atoms with Gasteiger partial charge in [-0.05, 0) is 12.3 Å². The Bertz CT molecular complexity index is 512. The van der Waals surface area contributed by atoms with E-state index in [0.717, 1.165) is 4.90 Å². The first-order valence-electron chi connectivity index (χ1n) is 7.94. The van der Waals surface area contributed by atoms with Gasteiger partial charge in [0.05, 0.1) is 0 Å². The molecule has 0 unspecified atom stereocenters. The number of nitrogens with zero attached hydrogens (tertiary/aromatic N) is 3. The summed E-state index contributed by atoms with van der Waals surface area (Å²) in [6.45, 7) is 7.03. The van der Waals surface area contributed by atoms with Gasteiger partial charge in [0, 0.05) is 33.1 Å². The minimum Gasteiger partial charge on any atom is -0.339 e. The van der Waals surface area contributed by atoms with Crippen molar-refractivity contribution < 1.29 is 19.2 Å². The molecule has 8 heteroatoms. The molecule has 0 aromatic rings. The van der Waals surface area contributed by atoms with Crippen LogP contribution < -0.4 is 5.32 Å².